The molecule has 0 aliphatic carbocycles. The Kier molecular flexibility index (Phi) is 6.10. The summed E-state index contributed by atoms with van der Waals surface area (Å²) < 4.78 is 0. The number of hydrogen-bond acceptors (Lipinski definition) is 2. The molecule has 0 saturated carbocycles. The van der Waals surface area contributed by atoms with E-state index in [0.29, 0.717) is 5.92 Å². The van der Waals surface area contributed by atoms with Crippen LogP contribution in [0.2, 0.25) is 0 Å². The van der Waals surface area contributed by atoms with Crippen molar-refractivity contribution < 1.29 is 16.5 Å². The normalized spacial score (nSPS) is 11.3. The molecule has 0 aliphatic heterocycles. The predicted octanol–water partition coefficient (Wildman–Crippen LogP) is 4.65. The minimum atomic E-state index is 0. The minimum Gasteiger partial charge on any atom is -0.255 e. The summed E-state index contributed by atoms with van der Waals surface area (Å²) in [6, 6.07) is 12.3. The topological polar surface area (TPSA) is 25.2 Å². The molecule has 3 heteroatoms. The number of pyridine rings is 1. The van der Waals surface area contributed by atoms with E-state index in [1.807, 2.05) is 25.1 Å². The Labute approximate surface area is 131 Å². The molecule has 1 aromatic carbocycles. The predicted molar refractivity (Wildman–Crippen MR) is 81.4 cm³/mol. The quantitative estimate of drug-likeness (QED) is 0.598. The zero-order valence-electron chi connectivity index (χ0n) is 12.3. The molecule has 0 N–H and O–H groups in total. The number of benzene rings is 1. The molecular weight excluding hydrogens is 291 g/mol. The van der Waals surface area contributed by atoms with E-state index >= 15 is 0 Å². The molecule has 2 rings (SSSR count). The van der Waals surface area contributed by atoms with Gasteiger partial charge in [-0.05, 0) is 43.0 Å². The van der Waals surface area contributed by atoms with Gasteiger partial charge in [0, 0.05) is 22.7 Å². The van der Waals surface area contributed by atoms with Crippen molar-refractivity contribution in [2.45, 2.75) is 33.6 Å². The van der Waals surface area contributed by atoms with Crippen LogP contribution in [-0.2, 0) is 16.5 Å². The zero-order valence-corrected chi connectivity index (χ0v) is 13.3. The average Bonchev–Trinajstić information content (AvgIpc) is 2.41. The van der Waals surface area contributed by atoms with E-state index in [9.17, 15) is 0 Å². The van der Waals surface area contributed by atoms with Crippen LogP contribution in [0, 0.1) is 6.92 Å². The fraction of sp³-hybridized carbons (Fsp3) is 0.294. The summed E-state index contributed by atoms with van der Waals surface area (Å²) in [6.45, 7) is 8.52. The molecule has 2 aromatic rings. The Morgan fingerprint density at radius 3 is 2.45 bits per heavy atom. The summed E-state index contributed by atoms with van der Waals surface area (Å²) in [5.74, 6) is 0.468. The van der Waals surface area contributed by atoms with Crippen molar-refractivity contribution in [1.82, 2.24) is 4.98 Å². The smallest absolute Gasteiger partial charge is 0.0841 e. The summed E-state index contributed by atoms with van der Waals surface area (Å²) in [5.41, 5.74) is 5.47. The first-order valence-electron chi connectivity index (χ1n) is 6.66. The van der Waals surface area contributed by atoms with E-state index in [-0.39, 0.29) is 16.5 Å². The Morgan fingerprint density at radius 1 is 1.10 bits per heavy atom. The molecule has 1 heterocycles. The van der Waals surface area contributed by atoms with Crippen LogP contribution in [0.3, 0.4) is 0 Å². The second-order valence-corrected chi connectivity index (χ2v) is 5.08. The summed E-state index contributed by atoms with van der Waals surface area (Å²) >= 11 is 0. The molecule has 0 amide bonds. The van der Waals surface area contributed by atoms with Crippen molar-refractivity contribution in [1.29, 1.82) is 0 Å². The Balaban J connectivity index is 0.00000200. The van der Waals surface area contributed by atoms with E-state index in [1.54, 1.807) is 6.20 Å². The molecule has 0 spiro atoms. The first-order valence-corrected chi connectivity index (χ1v) is 6.66. The number of aromatic nitrogens is 1. The largest absolute Gasteiger partial charge is 0.255 e. The van der Waals surface area contributed by atoms with Gasteiger partial charge in [0.2, 0.25) is 0 Å². The van der Waals surface area contributed by atoms with E-state index in [0.717, 1.165) is 17.1 Å². The van der Waals surface area contributed by atoms with Crippen LogP contribution < -0.4 is 0 Å². The van der Waals surface area contributed by atoms with E-state index in [1.165, 1.54) is 11.1 Å². The van der Waals surface area contributed by atoms with Gasteiger partial charge < -0.3 is 0 Å². The summed E-state index contributed by atoms with van der Waals surface area (Å²) in [4.78, 5) is 9.15. The third-order valence-corrected chi connectivity index (χ3v) is 3.21. The zero-order chi connectivity index (χ0) is 13.8. The van der Waals surface area contributed by atoms with Crippen LogP contribution in [-0.4, -0.2) is 10.7 Å². The minimum absolute atomic E-state index is 0. The number of hydrogen-bond donors (Lipinski definition) is 0. The molecule has 0 fully saturated rings. The molecule has 0 saturated heterocycles. The number of nitrogens with zero attached hydrogens (tertiary/aromatic N) is 2. The summed E-state index contributed by atoms with van der Waals surface area (Å²) in [5, 5.41) is 0. The molecule has 20 heavy (non-hydrogen) atoms. The average molecular weight is 311 g/mol. The Morgan fingerprint density at radius 2 is 1.85 bits per heavy atom. The summed E-state index contributed by atoms with van der Waals surface area (Å²) in [7, 11) is 0. The van der Waals surface area contributed by atoms with Crippen molar-refractivity contribution in [3.05, 3.63) is 59.4 Å². The third kappa shape index (κ3) is 3.77. The molecular formula is C17H20N2Ni. The summed E-state index contributed by atoms with van der Waals surface area (Å²) in [6.07, 6.45) is 1.80. The van der Waals surface area contributed by atoms with Gasteiger partial charge in [-0.2, -0.15) is 0 Å². The monoisotopic (exact) mass is 310 g/mol. The van der Waals surface area contributed by atoms with Crippen molar-refractivity contribution >= 4 is 11.4 Å². The van der Waals surface area contributed by atoms with Crippen LogP contribution in [0.1, 0.15) is 43.5 Å². The number of rotatable bonds is 3. The van der Waals surface area contributed by atoms with Crippen molar-refractivity contribution in [2.75, 3.05) is 0 Å². The Bertz CT molecular complexity index is 589. The van der Waals surface area contributed by atoms with Crippen LogP contribution in [0.25, 0.3) is 0 Å². The molecule has 0 unspecified atom stereocenters. The van der Waals surface area contributed by atoms with Gasteiger partial charge in [-0.25, -0.2) is 0 Å². The fourth-order valence-corrected chi connectivity index (χ4v) is 2.10. The number of aliphatic imine (C=N–C) groups is 1. The molecule has 0 aliphatic rings. The standard InChI is InChI=1S/C17H20N2.Ni/c1-12(2)15-9-7-8-13(3)17(15)19-14(4)16-10-5-6-11-18-16;/h5-12H,1-4H3;. The van der Waals surface area contributed by atoms with Gasteiger partial charge in [-0.15, -0.1) is 0 Å². The maximum Gasteiger partial charge on any atom is 0.0841 e. The third-order valence-electron chi connectivity index (χ3n) is 3.21. The van der Waals surface area contributed by atoms with E-state index < -0.39 is 0 Å². The van der Waals surface area contributed by atoms with Crippen molar-refractivity contribution in [3.8, 4) is 0 Å². The van der Waals surface area contributed by atoms with Crippen LogP contribution >= 0.6 is 0 Å². The van der Waals surface area contributed by atoms with Crippen molar-refractivity contribution in [3.63, 3.8) is 0 Å². The van der Waals surface area contributed by atoms with Crippen LogP contribution in [0.5, 0.6) is 0 Å². The van der Waals surface area contributed by atoms with Gasteiger partial charge in [-0.1, -0.05) is 38.1 Å². The number of aryl methyl sites for hydroxylation is 1. The SMILES string of the molecule is CC(=Nc1c(C)cccc1C(C)C)c1ccccn1.[Ni]. The number of para-hydroxylation sites is 1. The van der Waals surface area contributed by atoms with Gasteiger partial charge in [0.15, 0.2) is 0 Å². The van der Waals surface area contributed by atoms with Gasteiger partial charge in [-0.3, -0.25) is 9.98 Å². The first kappa shape index (κ1) is 16.6. The maximum absolute atomic E-state index is 4.80. The van der Waals surface area contributed by atoms with Gasteiger partial charge in [0.25, 0.3) is 0 Å². The van der Waals surface area contributed by atoms with Crippen LogP contribution in [0.15, 0.2) is 47.6 Å². The second kappa shape index (κ2) is 7.35. The fourth-order valence-electron chi connectivity index (χ4n) is 2.10. The van der Waals surface area contributed by atoms with Gasteiger partial charge in [0.1, 0.15) is 0 Å². The van der Waals surface area contributed by atoms with Gasteiger partial charge in [0.05, 0.1) is 17.1 Å². The molecule has 0 bridgehead atoms. The maximum atomic E-state index is 4.80. The van der Waals surface area contributed by atoms with Gasteiger partial charge >= 0.3 is 0 Å². The van der Waals surface area contributed by atoms with Crippen molar-refractivity contribution in [2.24, 2.45) is 4.99 Å². The molecule has 1 aromatic heterocycles. The van der Waals surface area contributed by atoms with Crippen LogP contribution in [0.4, 0.5) is 5.69 Å². The van der Waals surface area contributed by atoms with E-state index in [2.05, 4.69) is 44.0 Å². The molecule has 108 valence electrons. The molecule has 0 atom stereocenters. The molecule has 2 nitrogen and oxygen atoms in total. The van der Waals surface area contributed by atoms with E-state index in [4.69, 9.17) is 4.99 Å². The first-order chi connectivity index (χ1) is 9.09. The Hall–Kier alpha value is -1.47. The molecule has 0 radical (unpaired) electrons. The second-order valence-electron chi connectivity index (χ2n) is 5.08.